The highest BCUT2D eigenvalue weighted by molar-refractivity contribution is 7.86. The molecule has 0 fully saturated rings. The zero-order chi connectivity index (χ0) is 24.2. The monoisotopic (exact) mass is 478 g/mol. The lowest BCUT2D eigenvalue weighted by molar-refractivity contribution is 0.0801. The second-order valence-electron chi connectivity index (χ2n) is 8.59. The number of carbonyl (C=O) groups excluding carboxylic acids is 1. The number of hydrogen-bond donors (Lipinski definition) is 0. The first kappa shape index (κ1) is 25.9. The number of Topliss-reactive ketones (excluding diaryl/α,β-unsaturated/α-hetero) is 1. The summed E-state index contributed by atoms with van der Waals surface area (Å²) in [6.07, 6.45) is 8.35. The molecule has 3 aromatic carbocycles. The van der Waals surface area contributed by atoms with Crippen LogP contribution in [-0.4, -0.2) is 14.2 Å². The van der Waals surface area contributed by atoms with Crippen LogP contribution in [-0.2, 0) is 20.7 Å². The number of hydrogen-bond acceptors (Lipinski definition) is 4. The van der Waals surface area contributed by atoms with Gasteiger partial charge in [0.15, 0.2) is 11.9 Å². The molecule has 0 amide bonds. The summed E-state index contributed by atoms with van der Waals surface area (Å²) in [5.41, 5.74) is 2.00. The number of aryl methyl sites for hydroxylation is 1. The van der Waals surface area contributed by atoms with Gasteiger partial charge in [-0.3, -0.25) is 4.79 Å². The molecule has 3 aromatic rings. The van der Waals surface area contributed by atoms with E-state index in [4.69, 9.17) is 4.18 Å². The third-order valence-electron chi connectivity index (χ3n) is 5.90. The van der Waals surface area contributed by atoms with Gasteiger partial charge in [-0.1, -0.05) is 118 Å². The van der Waals surface area contributed by atoms with Gasteiger partial charge in [-0.05, 0) is 36.1 Å². The third-order valence-corrected chi connectivity index (χ3v) is 7.20. The summed E-state index contributed by atoms with van der Waals surface area (Å²) in [6, 6.07) is 24.2. The van der Waals surface area contributed by atoms with E-state index in [0.717, 1.165) is 18.4 Å². The van der Waals surface area contributed by atoms with Crippen molar-refractivity contribution in [3.63, 3.8) is 0 Å². The molecule has 0 aliphatic carbocycles. The van der Waals surface area contributed by atoms with Gasteiger partial charge in [0.2, 0.25) is 0 Å². The van der Waals surface area contributed by atoms with E-state index in [0.29, 0.717) is 11.1 Å². The van der Waals surface area contributed by atoms with Crippen molar-refractivity contribution in [1.82, 2.24) is 0 Å². The van der Waals surface area contributed by atoms with Crippen LogP contribution in [0.4, 0.5) is 0 Å². The lowest BCUT2D eigenvalue weighted by Crippen LogP contribution is -2.20. The maximum atomic E-state index is 13.1. The summed E-state index contributed by atoms with van der Waals surface area (Å²) in [5, 5.41) is 0. The van der Waals surface area contributed by atoms with Gasteiger partial charge in [0.05, 0.1) is 4.90 Å². The summed E-state index contributed by atoms with van der Waals surface area (Å²) in [4.78, 5) is 13.2. The Balaban J connectivity index is 1.67. The van der Waals surface area contributed by atoms with Crippen molar-refractivity contribution in [3.8, 4) is 0 Å². The fraction of sp³-hybridized carbons (Fsp3) is 0.345. The highest BCUT2D eigenvalue weighted by Crippen LogP contribution is 2.28. The van der Waals surface area contributed by atoms with Crippen LogP contribution in [0.1, 0.15) is 79.5 Å². The van der Waals surface area contributed by atoms with E-state index in [1.54, 1.807) is 66.7 Å². The number of unbranched alkanes of at least 4 members (excludes halogenated alkanes) is 6. The highest BCUT2D eigenvalue weighted by Gasteiger charge is 2.29. The molecule has 0 bridgehead atoms. The van der Waals surface area contributed by atoms with E-state index in [2.05, 4.69) is 6.92 Å². The zero-order valence-corrected chi connectivity index (χ0v) is 20.7. The molecular weight excluding hydrogens is 444 g/mol. The fourth-order valence-corrected chi connectivity index (χ4v) is 4.96. The minimum Gasteiger partial charge on any atom is -0.291 e. The van der Waals surface area contributed by atoms with Crippen LogP contribution in [0, 0.1) is 0 Å². The van der Waals surface area contributed by atoms with Crippen molar-refractivity contribution in [1.29, 1.82) is 0 Å². The first-order chi connectivity index (χ1) is 16.5. The second kappa shape index (κ2) is 13.2. The van der Waals surface area contributed by atoms with Crippen LogP contribution in [0.15, 0.2) is 89.8 Å². The highest BCUT2D eigenvalue weighted by atomic mass is 32.2. The molecule has 0 aliphatic heterocycles. The average Bonchev–Trinajstić information content (AvgIpc) is 2.88. The molecule has 1 unspecified atom stereocenters. The van der Waals surface area contributed by atoms with Crippen molar-refractivity contribution in [2.24, 2.45) is 0 Å². The largest absolute Gasteiger partial charge is 0.298 e. The Kier molecular flexibility index (Phi) is 10.0. The smallest absolute Gasteiger partial charge is 0.291 e. The van der Waals surface area contributed by atoms with Gasteiger partial charge < -0.3 is 0 Å². The molecule has 0 aliphatic rings. The van der Waals surface area contributed by atoms with Gasteiger partial charge in [0.25, 0.3) is 10.1 Å². The summed E-state index contributed by atoms with van der Waals surface area (Å²) in [6.45, 7) is 2.22. The molecule has 3 rings (SSSR count). The summed E-state index contributed by atoms with van der Waals surface area (Å²) >= 11 is 0. The Morgan fingerprint density at radius 2 is 1.29 bits per heavy atom. The fourth-order valence-electron chi connectivity index (χ4n) is 3.92. The van der Waals surface area contributed by atoms with Gasteiger partial charge in [-0.2, -0.15) is 8.42 Å². The van der Waals surface area contributed by atoms with E-state index >= 15 is 0 Å². The van der Waals surface area contributed by atoms with E-state index in [9.17, 15) is 13.2 Å². The van der Waals surface area contributed by atoms with Crippen LogP contribution in [0.5, 0.6) is 0 Å². The van der Waals surface area contributed by atoms with E-state index in [-0.39, 0.29) is 4.90 Å². The lowest BCUT2D eigenvalue weighted by atomic mass is 10.0. The molecule has 0 N–H and O–H groups in total. The molecule has 180 valence electrons. The number of rotatable bonds is 14. The normalized spacial score (nSPS) is 12.4. The standard InChI is InChI=1S/C29H34O4S/c1-2-3-4-5-6-7-10-15-24-20-22-27(23-21-24)34(31,32)33-29(26-18-13-9-14-19-26)28(30)25-16-11-8-12-17-25/h8-9,11-14,16-23,29H,2-7,10,15H2,1H3. The number of benzene rings is 3. The molecule has 0 radical (unpaired) electrons. The molecule has 0 heterocycles. The first-order valence-electron chi connectivity index (χ1n) is 12.2. The van der Waals surface area contributed by atoms with Gasteiger partial charge in [-0.25, -0.2) is 4.18 Å². The minimum absolute atomic E-state index is 0.0533. The van der Waals surface area contributed by atoms with Crippen molar-refractivity contribution in [2.45, 2.75) is 69.3 Å². The maximum absolute atomic E-state index is 13.1. The zero-order valence-electron chi connectivity index (χ0n) is 19.9. The van der Waals surface area contributed by atoms with Crippen LogP contribution >= 0.6 is 0 Å². The molecule has 1 atom stereocenters. The van der Waals surface area contributed by atoms with Crippen LogP contribution in [0.25, 0.3) is 0 Å². The molecule has 0 saturated carbocycles. The number of carbonyl (C=O) groups is 1. The van der Waals surface area contributed by atoms with Gasteiger partial charge >= 0.3 is 0 Å². The van der Waals surface area contributed by atoms with Crippen LogP contribution < -0.4 is 0 Å². The summed E-state index contributed by atoms with van der Waals surface area (Å²) in [7, 11) is -4.14. The number of ketones is 1. The van der Waals surface area contributed by atoms with Crippen molar-refractivity contribution >= 4 is 15.9 Å². The molecule has 0 spiro atoms. The summed E-state index contributed by atoms with van der Waals surface area (Å²) in [5.74, 6) is -0.397. The van der Waals surface area contributed by atoms with Crippen molar-refractivity contribution in [2.75, 3.05) is 0 Å². The maximum Gasteiger partial charge on any atom is 0.298 e. The predicted molar refractivity (Wildman–Crippen MR) is 136 cm³/mol. The quantitative estimate of drug-likeness (QED) is 0.138. The van der Waals surface area contributed by atoms with Crippen molar-refractivity contribution in [3.05, 3.63) is 102 Å². The Labute approximate surface area is 204 Å². The van der Waals surface area contributed by atoms with Crippen LogP contribution in [0.3, 0.4) is 0 Å². The lowest BCUT2D eigenvalue weighted by Gasteiger charge is -2.17. The third kappa shape index (κ3) is 7.64. The van der Waals surface area contributed by atoms with Crippen molar-refractivity contribution < 1.29 is 17.4 Å². The second-order valence-corrected chi connectivity index (χ2v) is 10.2. The summed E-state index contributed by atoms with van der Waals surface area (Å²) < 4.78 is 31.7. The first-order valence-corrected chi connectivity index (χ1v) is 13.6. The average molecular weight is 479 g/mol. The van der Waals surface area contributed by atoms with Gasteiger partial charge in [-0.15, -0.1) is 0 Å². The molecule has 34 heavy (non-hydrogen) atoms. The minimum atomic E-state index is -4.14. The van der Waals surface area contributed by atoms with Crippen LogP contribution in [0.2, 0.25) is 0 Å². The molecule has 0 aromatic heterocycles. The topological polar surface area (TPSA) is 60.4 Å². The van der Waals surface area contributed by atoms with E-state index in [1.165, 1.54) is 38.5 Å². The SMILES string of the molecule is CCCCCCCCCc1ccc(S(=O)(=O)OC(C(=O)c2ccccc2)c2ccccc2)cc1. The Morgan fingerprint density at radius 3 is 1.91 bits per heavy atom. The molecular formula is C29H34O4S. The molecule has 4 nitrogen and oxygen atoms in total. The molecule has 5 heteroatoms. The Morgan fingerprint density at radius 1 is 0.735 bits per heavy atom. The van der Waals surface area contributed by atoms with Gasteiger partial charge in [0, 0.05) is 5.56 Å². The van der Waals surface area contributed by atoms with E-state index < -0.39 is 22.0 Å². The van der Waals surface area contributed by atoms with Gasteiger partial charge in [0.1, 0.15) is 0 Å². The molecule has 0 saturated heterocycles. The predicted octanol–water partition coefficient (Wildman–Crippen LogP) is 7.31. The Hall–Kier alpha value is -2.76. The van der Waals surface area contributed by atoms with E-state index in [1.807, 2.05) is 18.2 Å². The Bertz CT molecular complexity index is 1110.